The number of imide groups is 1. The first kappa shape index (κ1) is 11.9. The van der Waals surface area contributed by atoms with Crippen LogP contribution in [-0.4, -0.2) is 27.8 Å². The van der Waals surface area contributed by atoms with E-state index in [0.717, 1.165) is 31.4 Å². The zero-order valence-corrected chi connectivity index (χ0v) is 11.7. The Morgan fingerprint density at radius 3 is 2.65 bits per heavy atom. The maximum absolute atomic E-state index is 12.5. The zero-order chi connectivity index (χ0) is 14.1. The largest absolute Gasteiger partial charge is 0.330 e. The summed E-state index contributed by atoms with van der Waals surface area (Å²) < 4.78 is 1.93. The van der Waals surface area contributed by atoms with Gasteiger partial charge in [0, 0.05) is 11.8 Å². The smallest absolute Gasteiger partial charge is 0.325 e. The molecule has 20 heavy (non-hydrogen) atoms. The summed E-state index contributed by atoms with van der Waals surface area (Å²) in [4.78, 5) is 25.8. The molecule has 2 saturated carbocycles. The molecule has 1 aromatic rings. The Labute approximate surface area is 117 Å². The minimum Gasteiger partial charge on any atom is -0.325 e. The van der Waals surface area contributed by atoms with Gasteiger partial charge in [0.25, 0.3) is 5.91 Å². The number of amides is 3. The molecule has 3 amide bonds. The normalized spacial score (nSPS) is 27.9. The van der Waals surface area contributed by atoms with Crippen LogP contribution in [0.1, 0.15) is 44.3 Å². The molecule has 1 atom stereocenters. The van der Waals surface area contributed by atoms with E-state index >= 15 is 0 Å². The van der Waals surface area contributed by atoms with Gasteiger partial charge in [-0.15, -0.1) is 0 Å². The molecule has 1 aromatic heterocycles. The van der Waals surface area contributed by atoms with Crippen molar-refractivity contribution in [2.45, 2.75) is 51.6 Å². The molecular formula is C14H18N4O2. The lowest BCUT2D eigenvalue weighted by molar-refractivity contribution is -0.119. The highest BCUT2D eigenvalue weighted by atomic mass is 16.2. The van der Waals surface area contributed by atoms with Crippen LogP contribution in [0.25, 0.3) is 0 Å². The summed E-state index contributed by atoms with van der Waals surface area (Å²) in [5.41, 5.74) is 0.944. The highest BCUT2D eigenvalue weighted by Crippen LogP contribution is 2.50. The molecule has 0 spiro atoms. The summed E-state index contributed by atoms with van der Waals surface area (Å²) in [7, 11) is 0. The molecule has 3 fully saturated rings. The summed E-state index contributed by atoms with van der Waals surface area (Å²) in [6, 6.07) is 1.55. The number of rotatable bonds is 3. The van der Waals surface area contributed by atoms with Gasteiger partial charge in [0.15, 0.2) is 5.82 Å². The lowest BCUT2D eigenvalue weighted by atomic mass is 9.99. The van der Waals surface area contributed by atoms with Crippen molar-refractivity contribution >= 4 is 17.8 Å². The summed E-state index contributed by atoms with van der Waals surface area (Å²) in [6.07, 6.45) is 4.24. The first-order chi connectivity index (χ1) is 9.49. The molecule has 4 rings (SSSR count). The van der Waals surface area contributed by atoms with Gasteiger partial charge in [-0.05, 0) is 38.0 Å². The Bertz CT molecular complexity index is 613. The minimum atomic E-state index is -0.388. The quantitative estimate of drug-likeness (QED) is 0.854. The number of nitrogens with one attached hydrogen (secondary N) is 1. The van der Waals surface area contributed by atoms with E-state index in [1.54, 1.807) is 0 Å². The molecule has 2 heterocycles. The fourth-order valence-corrected chi connectivity index (χ4v) is 2.92. The summed E-state index contributed by atoms with van der Waals surface area (Å²) in [5.74, 6) is 0.305. The maximum atomic E-state index is 12.5. The van der Waals surface area contributed by atoms with Crippen LogP contribution in [0.15, 0.2) is 6.07 Å². The molecule has 6 nitrogen and oxygen atoms in total. The number of carbonyl (C=O) groups excluding carboxylic acids is 2. The van der Waals surface area contributed by atoms with Crippen LogP contribution in [0.5, 0.6) is 0 Å². The predicted molar refractivity (Wildman–Crippen MR) is 72.4 cm³/mol. The van der Waals surface area contributed by atoms with Gasteiger partial charge in [0.2, 0.25) is 0 Å². The Kier molecular flexibility index (Phi) is 2.16. The molecule has 1 unspecified atom stereocenters. The van der Waals surface area contributed by atoms with Crippen LogP contribution < -0.4 is 10.2 Å². The van der Waals surface area contributed by atoms with Crippen molar-refractivity contribution in [2.75, 3.05) is 4.90 Å². The van der Waals surface area contributed by atoms with Crippen molar-refractivity contribution in [2.24, 2.45) is 5.41 Å². The third kappa shape index (κ3) is 1.60. The molecule has 0 aromatic carbocycles. The third-order valence-electron chi connectivity index (χ3n) is 4.71. The molecule has 106 valence electrons. The van der Waals surface area contributed by atoms with Crippen molar-refractivity contribution in [3.63, 3.8) is 0 Å². The van der Waals surface area contributed by atoms with Crippen molar-refractivity contribution in [3.8, 4) is 0 Å². The number of hydrogen-bond donors (Lipinski definition) is 1. The van der Waals surface area contributed by atoms with E-state index in [9.17, 15) is 9.59 Å². The standard InChI is InChI=1S/C14H18N4O2/c1-8-7-10(16-18(8)9-3-4-9)17-12(19)11(15-13(17)20)14(2)5-6-14/h7,9,11H,3-6H2,1-2H3,(H,15,20). The van der Waals surface area contributed by atoms with Crippen LogP contribution in [-0.2, 0) is 4.79 Å². The summed E-state index contributed by atoms with van der Waals surface area (Å²) >= 11 is 0. The Morgan fingerprint density at radius 1 is 1.35 bits per heavy atom. The molecule has 1 N–H and O–H groups in total. The summed E-state index contributed by atoms with van der Waals surface area (Å²) in [6.45, 7) is 4.01. The van der Waals surface area contributed by atoms with Crippen LogP contribution in [0, 0.1) is 12.3 Å². The van der Waals surface area contributed by atoms with Crippen LogP contribution in [0.4, 0.5) is 10.6 Å². The van der Waals surface area contributed by atoms with E-state index in [1.807, 2.05) is 24.6 Å². The number of hydrogen-bond acceptors (Lipinski definition) is 3. The van der Waals surface area contributed by atoms with Crippen LogP contribution in [0.3, 0.4) is 0 Å². The highest BCUT2D eigenvalue weighted by Gasteiger charge is 2.55. The minimum absolute atomic E-state index is 0.0599. The van der Waals surface area contributed by atoms with Crippen LogP contribution in [0.2, 0.25) is 0 Å². The Morgan fingerprint density at radius 2 is 2.05 bits per heavy atom. The van der Waals surface area contributed by atoms with Gasteiger partial charge < -0.3 is 5.32 Å². The number of carbonyl (C=O) groups is 2. The fraction of sp³-hybridized carbons (Fsp3) is 0.643. The van der Waals surface area contributed by atoms with Crippen molar-refractivity contribution in [1.29, 1.82) is 0 Å². The second-order valence-corrected chi connectivity index (χ2v) is 6.53. The maximum Gasteiger partial charge on any atom is 0.330 e. The number of anilines is 1. The van der Waals surface area contributed by atoms with Gasteiger partial charge in [-0.25, -0.2) is 9.69 Å². The average molecular weight is 274 g/mol. The van der Waals surface area contributed by atoms with Gasteiger partial charge in [-0.3, -0.25) is 9.48 Å². The van der Waals surface area contributed by atoms with Crippen LogP contribution >= 0.6 is 0 Å². The van der Waals surface area contributed by atoms with E-state index in [4.69, 9.17) is 0 Å². The molecule has 0 radical (unpaired) electrons. The first-order valence-corrected chi connectivity index (χ1v) is 7.20. The lowest BCUT2D eigenvalue weighted by Gasteiger charge is -2.15. The van der Waals surface area contributed by atoms with E-state index < -0.39 is 0 Å². The number of nitrogens with zero attached hydrogens (tertiary/aromatic N) is 3. The Hall–Kier alpha value is -1.85. The van der Waals surface area contributed by atoms with Gasteiger partial charge >= 0.3 is 6.03 Å². The van der Waals surface area contributed by atoms with Crippen molar-refractivity contribution in [1.82, 2.24) is 15.1 Å². The Balaban J connectivity index is 1.66. The molecule has 3 aliphatic rings. The third-order valence-corrected chi connectivity index (χ3v) is 4.71. The summed E-state index contributed by atoms with van der Waals surface area (Å²) in [5, 5.41) is 7.27. The monoisotopic (exact) mass is 274 g/mol. The lowest BCUT2D eigenvalue weighted by Crippen LogP contribution is -2.37. The predicted octanol–water partition coefficient (Wildman–Crippen LogP) is 1.75. The van der Waals surface area contributed by atoms with E-state index in [0.29, 0.717) is 11.9 Å². The SMILES string of the molecule is Cc1cc(N2C(=O)NC(C3(C)CC3)C2=O)nn1C1CC1. The molecule has 1 aliphatic heterocycles. The topological polar surface area (TPSA) is 67.2 Å². The first-order valence-electron chi connectivity index (χ1n) is 7.20. The van der Waals surface area contributed by atoms with E-state index in [1.165, 1.54) is 4.90 Å². The van der Waals surface area contributed by atoms with Gasteiger partial charge in [0.1, 0.15) is 6.04 Å². The zero-order valence-electron chi connectivity index (χ0n) is 11.7. The van der Waals surface area contributed by atoms with E-state index in [-0.39, 0.29) is 23.4 Å². The van der Waals surface area contributed by atoms with Crippen molar-refractivity contribution < 1.29 is 9.59 Å². The number of aryl methyl sites for hydroxylation is 1. The molecular weight excluding hydrogens is 256 g/mol. The second-order valence-electron chi connectivity index (χ2n) is 6.53. The van der Waals surface area contributed by atoms with Gasteiger partial charge in [-0.1, -0.05) is 6.92 Å². The molecule has 0 bridgehead atoms. The number of urea groups is 1. The highest BCUT2D eigenvalue weighted by molar-refractivity contribution is 6.21. The molecule has 1 saturated heterocycles. The van der Waals surface area contributed by atoms with E-state index in [2.05, 4.69) is 10.4 Å². The molecule has 6 heteroatoms. The van der Waals surface area contributed by atoms with Crippen molar-refractivity contribution in [3.05, 3.63) is 11.8 Å². The number of aromatic nitrogens is 2. The van der Waals surface area contributed by atoms with Gasteiger partial charge in [-0.2, -0.15) is 5.10 Å². The fourth-order valence-electron chi connectivity index (χ4n) is 2.92. The average Bonchev–Trinajstić information content (AvgIpc) is 3.29. The second kappa shape index (κ2) is 3.62. The van der Waals surface area contributed by atoms with Gasteiger partial charge in [0.05, 0.1) is 6.04 Å². The molecule has 2 aliphatic carbocycles.